The molecule has 0 bridgehead atoms. The van der Waals surface area contributed by atoms with Crippen LogP contribution in [0.4, 0.5) is 0 Å². The largest absolute Gasteiger partial charge is 0.310 e. The van der Waals surface area contributed by atoms with Crippen molar-refractivity contribution >= 4 is 5.71 Å². The summed E-state index contributed by atoms with van der Waals surface area (Å²) in [5, 5.41) is 6.74. The Morgan fingerprint density at radius 1 is 1.33 bits per heavy atom. The maximum Gasteiger partial charge on any atom is 0.00554 e. The summed E-state index contributed by atoms with van der Waals surface area (Å²) in [5.74, 6) is 0. The summed E-state index contributed by atoms with van der Waals surface area (Å²) in [6, 6.07) is 0. The topological polar surface area (TPSA) is 23.9 Å². The highest BCUT2D eigenvalue weighted by atomic mass is 14.4. The minimum absolute atomic E-state index is 0.755. The van der Waals surface area contributed by atoms with Crippen LogP contribution >= 0.6 is 0 Å². The third kappa shape index (κ3) is 16.1. The van der Waals surface area contributed by atoms with Gasteiger partial charge in [-0.1, -0.05) is 38.2 Å². The fraction of sp³-hybridized carbons (Fsp3) is 0.545. The van der Waals surface area contributed by atoms with Crippen LogP contribution in [0.2, 0.25) is 0 Å². The lowest BCUT2D eigenvalue weighted by Crippen LogP contribution is -1.78. The first-order valence-electron chi connectivity index (χ1n) is 4.42. The van der Waals surface area contributed by atoms with Crippen molar-refractivity contribution in [2.75, 3.05) is 0 Å². The first-order valence-corrected chi connectivity index (χ1v) is 4.42. The van der Waals surface area contributed by atoms with Crippen LogP contribution in [0.5, 0.6) is 0 Å². The van der Waals surface area contributed by atoms with Crippen LogP contribution in [0.15, 0.2) is 24.3 Å². The molecule has 0 aliphatic carbocycles. The van der Waals surface area contributed by atoms with Gasteiger partial charge in [0.2, 0.25) is 0 Å². The predicted octanol–water partition coefficient (Wildman–Crippen LogP) is 3.96. The first kappa shape index (κ1) is 13.7. The molecule has 12 heavy (non-hydrogen) atoms. The van der Waals surface area contributed by atoms with Gasteiger partial charge in [0.1, 0.15) is 0 Å². The van der Waals surface area contributed by atoms with Gasteiger partial charge in [0, 0.05) is 5.71 Å². The van der Waals surface area contributed by atoms with Crippen LogP contribution in [0.1, 0.15) is 40.5 Å². The third-order valence-corrected chi connectivity index (χ3v) is 1.39. The van der Waals surface area contributed by atoms with Crippen molar-refractivity contribution in [3.8, 4) is 0 Å². The molecule has 1 nitrogen and oxygen atoms in total. The lowest BCUT2D eigenvalue weighted by atomic mass is 10.2. The van der Waals surface area contributed by atoms with Gasteiger partial charge in [0.05, 0.1) is 0 Å². The van der Waals surface area contributed by atoms with E-state index in [1.807, 2.05) is 26.0 Å². The molecule has 0 atom stereocenters. The molecule has 0 aliphatic heterocycles. The van der Waals surface area contributed by atoms with Crippen molar-refractivity contribution in [2.45, 2.75) is 40.5 Å². The molecule has 0 aromatic rings. The molecular weight excluding hydrogens is 146 g/mol. The average molecular weight is 167 g/mol. The molecule has 0 aromatic carbocycles. The van der Waals surface area contributed by atoms with Crippen molar-refractivity contribution in [3.63, 3.8) is 0 Å². The molecule has 0 saturated heterocycles. The van der Waals surface area contributed by atoms with Gasteiger partial charge in [-0.25, -0.2) is 0 Å². The van der Waals surface area contributed by atoms with Gasteiger partial charge in [0.15, 0.2) is 0 Å². The summed E-state index contributed by atoms with van der Waals surface area (Å²) in [7, 11) is 0. The molecule has 1 N–H and O–H groups in total. The lowest BCUT2D eigenvalue weighted by Gasteiger charge is -1.85. The Kier molecular flexibility index (Phi) is 11.6. The Morgan fingerprint density at radius 3 is 1.83 bits per heavy atom. The van der Waals surface area contributed by atoms with Gasteiger partial charge in [-0.15, -0.1) is 0 Å². The first-order chi connectivity index (χ1) is 5.58. The van der Waals surface area contributed by atoms with E-state index in [2.05, 4.69) is 13.5 Å². The van der Waals surface area contributed by atoms with Gasteiger partial charge in [-0.2, -0.15) is 0 Å². The molecule has 0 radical (unpaired) electrons. The van der Waals surface area contributed by atoms with E-state index in [9.17, 15) is 0 Å². The van der Waals surface area contributed by atoms with Crippen LogP contribution in [0.3, 0.4) is 0 Å². The second kappa shape index (κ2) is 10.2. The minimum atomic E-state index is 0.755. The van der Waals surface area contributed by atoms with Crippen molar-refractivity contribution in [1.29, 1.82) is 5.41 Å². The summed E-state index contributed by atoms with van der Waals surface area (Å²) in [6.45, 7) is 11.7. The van der Waals surface area contributed by atoms with E-state index in [0.717, 1.165) is 18.6 Å². The fourth-order valence-electron chi connectivity index (χ4n) is 0.354. The quantitative estimate of drug-likeness (QED) is 0.486. The molecule has 0 aliphatic rings. The van der Waals surface area contributed by atoms with E-state index in [1.54, 1.807) is 6.92 Å². The maximum atomic E-state index is 6.74. The molecule has 0 unspecified atom stereocenters. The zero-order chi connectivity index (χ0) is 9.98. The molecule has 0 rings (SSSR count). The fourth-order valence-corrected chi connectivity index (χ4v) is 0.354. The van der Waals surface area contributed by atoms with Gasteiger partial charge in [0.25, 0.3) is 0 Å². The summed E-state index contributed by atoms with van der Waals surface area (Å²) in [4.78, 5) is 0. The summed E-state index contributed by atoms with van der Waals surface area (Å²) in [6.07, 6.45) is 5.98. The monoisotopic (exact) mass is 167 g/mol. The number of allylic oxidation sites excluding steroid dienone is 3. The van der Waals surface area contributed by atoms with Crippen LogP contribution in [0, 0.1) is 5.41 Å². The Labute approximate surface area is 76.7 Å². The van der Waals surface area contributed by atoms with E-state index in [4.69, 9.17) is 5.41 Å². The molecule has 1 heteroatoms. The number of nitrogens with one attached hydrogen (secondary N) is 1. The molecular formula is C11H21N. The van der Waals surface area contributed by atoms with Crippen LogP contribution < -0.4 is 0 Å². The van der Waals surface area contributed by atoms with E-state index in [-0.39, 0.29) is 0 Å². The van der Waals surface area contributed by atoms with E-state index in [0.29, 0.717) is 0 Å². The molecule has 0 aromatic heterocycles. The van der Waals surface area contributed by atoms with Crippen molar-refractivity contribution in [2.24, 2.45) is 0 Å². The molecule has 0 saturated carbocycles. The van der Waals surface area contributed by atoms with Crippen molar-refractivity contribution in [3.05, 3.63) is 24.3 Å². The van der Waals surface area contributed by atoms with Gasteiger partial charge in [-0.05, 0) is 26.7 Å². The van der Waals surface area contributed by atoms with Gasteiger partial charge in [-0.3, -0.25) is 0 Å². The van der Waals surface area contributed by atoms with E-state index in [1.165, 1.54) is 5.57 Å². The highest BCUT2D eigenvalue weighted by Crippen LogP contribution is 1.95. The number of hydrogen-bond acceptors (Lipinski definition) is 1. The standard InChI is InChI=1S/C7H12.C4H9N/c1-4-6-7(3)5-2;1-3-4(2)5/h4,6H,3,5H2,1-2H3;5H,3H2,1-2H3/b6-4-;. The summed E-state index contributed by atoms with van der Waals surface area (Å²) < 4.78 is 0. The second-order valence-electron chi connectivity index (χ2n) is 2.65. The molecule has 0 heterocycles. The summed E-state index contributed by atoms with van der Waals surface area (Å²) >= 11 is 0. The zero-order valence-electron chi connectivity index (χ0n) is 8.78. The number of rotatable bonds is 3. The smallest absolute Gasteiger partial charge is 0.00554 e. The van der Waals surface area contributed by atoms with Crippen LogP contribution in [-0.2, 0) is 0 Å². The zero-order valence-corrected chi connectivity index (χ0v) is 8.78. The lowest BCUT2D eigenvalue weighted by molar-refractivity contribution is 1.16. The van der Waals surface area contributed by atoms with Crippen LogP contribution in [0.25, 0.3) is 0 Å². The molecule has 0 amide bonds. The Balaban J connectivity index is 0. The highest BCUT2D eigenvalue weighted by molar-refractivity contribution is 5.77. The van der Waals surface area contributed by atoms with E-state index < -0.39 is 0 Å². The molecule has 0 fully saturated rings. The maximum absolute atomic E-state index is 6.74. The average Bonchev–Trinajstić information content (AvgIpc) is 2.06. The minimum Gasteiger partial charge on any atom is -0.310 e. The second-order valence-corrected chi connectivity index (χ2v) is 2.65. The summed E-state index contributed by atoms with van der Waals surface area (Å²) in [5.41, 5.74) is 1.95. The van der Waals surface area contributed by atoms with Crippen molar-refractivity contribution in [1.82, 2.24) is 0 Å². The molecule has 70 valence electrons. The van der Waals surface area contributed by atoms with E-state index >= 15 is 0 Å². The molecule has 0 spiro atoms. The van der Waals surface area contributed by atoms with Gasteiger partial charge >= 0.3 is 0 Å². The SMILES string of the molecule is C=C(/C=C\C)CC.CCC(C)=N. The number of hydrogen-bond donors (Lipinski definition) is 1. The van der Waals surface area contributed by atoms with Gasteiger partial charge < -0.3 is 5.41 Å². The predicted molar refractivity (Wildman–Crippen MR) is 57.9 cm³/mol. The normalized spacial score (nSPS) is 9.00. The Bertz CT molecular complexity index is 154. The Hall–Kier alpha value is -0.850. The third-order valence-electron chi connectivity index (χ3n) is 1.39. The van der Waals surface area contributed by atoms with Crippen molar-refractivity contribution < 1.29 is 0 Å². The Morgan fingerprint density at radius 2 is 1.75 bits per heavy atom. The highest BCUT2D eigenvalue weighted by Gasteiger charge is 1.75. The van der Waals surface area contributed by atoms with Crippen LogP contribution in [-0.4, -0.2) is 5.71 Å².